The Hall–Kier alpha value is -1.26. The van der Waals surface area contributed by atoms with Crippen molar-refractivity contribution in [3.05, 3.63) is 68.1 Å². The molecule has 0 N–H and O–H groups in total. The quantitative estimate of drug-likeness (QED) is 0.221. The van der Waals surface area contributed by atoms with Crippen LogP contribution < -0.4 is 0 Å². The molecule has 2 aliphatic rings. The highest BCUT2D eigenvalue weighted by atomic mass is 79.9. The second kappa shape index (κ2) is 10.4. The van der Waals surface area contributed by atoms with Crippen molar-refractivity contribution >= 4 is 94.5 Å². The summed E-state index contributed by atoms with van der Waals surface area (Å²) in [5.41, 5.74) is 0.443. The fourth-order valence-corrected chi connectivity index (χ4v) is 5.99. The van der Waals surface area contributed by atoms with Gasteiger partial charge in [-0.25, -0.2) is 5.01 Å². The summed E-state index contributed by atoms with van der Waals surface area (Å²) in [4.78, 5) is 53.4. The van der Waals surface area contributed by atoms with Crippen molar-refractivity contribution in [3.63, 3.8) is 0 Å². The van der Waals surface area contributed by atoms with Crippen molar-refractivity contribution in [2.45, 2.75) is 22.5 Å². The first-order chi connectivity index (χ1) is 16.1. The van der Waals surface area contributed by atoms with Crippen molar-refractivity contribution in [2.75, 3.05) is 6.54 Å². The van der Waals surface area contributed by atoms with E-state index in [-0.39, 0.29) is 25.3 Å². The van der Waals surface area contributed by atoms with E-state index in [1.807, 2.05) is 0 Å². The predicted octanol–water partition coefficient (Wildman–Crippen LogP) is 5.92. The Morgan fingerprint density at radius 2 is 1.41 bits per heavy atom. The maximum Gasteiger partial charge on any atom is 0.273 e. The smallest absolute Gasteiger partial charge is 0.273 e. The number of benzene rings is 2. The van der Waals surface area contributed by atoms with Crippen LogP contribution in [-0.4, -0.2) is 49.7 Å². The van der Waals surface area contributed by atoms with Crippen LogP contribution >= 0.6 is 71.0 Å². The number of hydrogen-bond acceptors (Lipinski definition) is 4. The van der Waals surface area contributed by atoms with Gasteiger partial charge in [-0.2, -0.15) is 5.01 Å². The molecule has 1 aliphatic heterocycles. The molecule has 1 saturated heterocycles. The number of halogens is 5. The average Bonchev–Trinajstić information content (AvgIpc) is 3.03. The molecular weight excluding hydrogens is 679 g/mol. The van der Waals surface area contributed by atoms with Crippen LogP contribution in [0.3, 0.4) is 0 Å². The van der Waals surface area contributed by atoms with E-state index in [0.717, 1.165) is 14.5 Å². The number of alkyl halides is 2. The van der Waals surface area contributed by atoms with E-state index in [4.69, 9.17) is 23.2 Å². The lowest BCUT2D eigenvalue weighted by atomic mass is 9.81. The van der Waals surface area contributed by atoms with Gasteiger partial charge in [-0.1, -0.05) is 83.1 Å². The summed E-state index contributed by atoms with van der Waals surface area (Å²) in [7, 11) is 0. The van der Waals surface area contributed by atoms with E-state index in [9.17, 15) is 19.2 Å². The molecule has 0 unspecified atom stereocenters. The lowest BCUT2D eigenvalue weighted by Gasteiger charge is -2.30. The molecule has 3 amide bonds. The Morgan fingerprint density at radius 3 is 1.94 bits per heavy atom. The lowest BCUT2D eigenvalue weighted by molar-refractivity contribution is -0.154. The molecule has 2 fully saturated rings. The van der Waals surface area contributed by atoms with Crippen LogP contribution in [0.15, 0.2) is 46.9 Å². The molecule has 4 rings (SSSR count). The van der Waals surface area contributed by atoms with Gasteiger partial charge in [0.05, 0.1) is 21.9 Å². The van der Waals surface area contributed by atoms with Gasteiger partial charge in [-0.3, -0.25) is 19.2 Å². The second-order valence-electron chi connectivity index (χ2n) is 8.13. The van der Waals surface area contributed by atoms with Gasteiger partial charge in [0, 0.05) is 25.3 Å². The molecule has 2 aromatic carbocycles. The molecule has 0 spiro atoms. The molecule has 1 heterocycles. The van der Waals surface area contributed by atoms with E-state index < -0.39 is 41.9 Å². The van der Waals surface area contributed by atoms with Crippen molar-refractivity contribution in [1.82, 2.24) is 10.0 Å². The Morgan fingerprint density at radius 1 is 0.882 bits per heavy atom. The summed E-state index contributed by atoms with van der Waals surface area (Å²) in [6.07, 6.45) is 0.883. The van der Waals surface area contributed by atoms with Crippen molar-refractivity contribution in [1.29, 1.82) is 0 Å². The summed E-state index contributed by atoms with van der Waals surface area (Å²) in [5, 5.41) is 2.17. The first kappa shape index (κ1) is 25.8. The van der Waals surface area contributed by atoms with E-state index in [1.54, 1.807) is 24.3 Å². The molecule has 34 heavy (non-hydrogen) atoms. The van der Waals surface area contributed by atoms with Gasteiger partial charge < -0.3 is 0 Å². The van der Waals surface area contributed by atoms with Gasteiger partial charge in [0.1, 0.15) is 6.54 Å². The van der Waals surface area contributed by atoms with Gasteiger partial charge in [0.15, 0.2) is 5.78 Å². The predicted molar refractivity (Wildman–Crippen MR) is 139 cm³/mol. The number of hydrogen-bond donors (Lipinski definition) is 0. The van der Waals surface area contributed by atoms with Crippen LogP contribution in [0.2, 0.25) is 10.0 Å². The number of ketones is 1. The summed E-state index contributed by atoms with van der Waals surface area (Å²) in [5.74, 6) is -3.25. The van der Waals surface area contributed by atoms with E-state index in [1.165, 1.54) is 18.2 Å². The van der Waals surface area contributed by atoms with Crippen LogP contribution in [0.1, 0.15) is 33.6 Å². The van der Waals surface area contributed by atoms with Crippen molar-refractivity contribution in [3.8, 4) is 0 Å². The maximum absolute atomic E-state index is 13.5. The number of hydrazine groups is 1. The normalized spacial score (nSPS) is 24.2. The largest absolute Gasteiger partial charge is 0.292 e. The summed E-state index contributed by atoms with van der Waals surface area (Å²) >= 11 is 22.5. The molecule has 0 bridgehead atoms. The third kappa shape index (κ3) is 5.00. The molecule has 2 aromatic rings. The minimum absolute atomic E-state index is 0.00840. The number of imide groups is 1. The molecule has 0 aromatic heterocycles. The Kier molecular flexibility index (Phi) is 7.89. The van der Waals surface area contributed by atoms with E-state index >= 15 is 0 Å². The standard InChI is InChI=1S/C23H17Br3Cl2N2O4/c24-13-4-1-11(2-5-13)20(31)10-29(21(32)12-3-6-18(27)19(28)7-12)30-22(33)14-8-16(25)17(26)9-15(14)23(30)34/h1-7,14-17H,8-10H2/t14-,15-,16-,17+/m1/s1. The zero-order valence-electron chi connectivity index (χ0n) is 17.4. The highest BCUT2D eigenvalue weighted by molar-refractivity contribution is 9.12. The van der Waals surface area contributed by atoms with Gasteiger partial charge >= 0.3 is 0 Å². The number of fused-ring (bicyclic) bond motifs is 1. The lowest BCUT2D eigenvalue weighted by Crippen LogP contribution is -2.52. The van der Waals surface area contributed by atoms with Gasteiger partial charge in [-0.05, 0) is 43.2 Å². The van der Waals surface area contributed by atoms with Gasteiger partial charge in [0.25, 0.3) is 17.7 Å². The molecule has 1 aliphatic carbocycles. The van der Waals surface area contributed by atoms with Crippen LogP contribution in [0.4, 0.5) is 0 Å². The number of amides is 3. The van der Waals surface area contributed by atoms with E-state index in [0.29, 0.717) is 18.4 Å². The molecule has 1 saturated carbocycles. The zero-order valence-corrected chi connectivity index (χ0v) is 23.7. The fourth-order valence-electron chi connectivity index (χ4n) is 4.19. The van der Waals surface area contributed by atoms with Crippen LogP contribution in [0, 0.1) is 11.8 Å². The number of Topliss-reactive ketones (excluding diaryl/α,β-unsaturated/α-hetero) is 1. The molecule has 6 nitrogen and oxygen atoms in total. The summed E-state index contributed by atoms with van der Waals surface area (Å²) < 4.78 is 0.787. The summed E-state index contributed by atoms with van der Waals surface area (Å²) in [6.45, 7) is -0.493. The minimum atomic E-state index is -0.699. The van der Waals surface area contributed by atoms with Crippen molar-refractivity contribution < 1.29 is 19.2 Å². The highest BCUT2D eigenvalue weighted by Gasteiger charge is 2.54. The van der Waals surface area contributed by atoms with Gasteiger partial charge in [0.2, 0.25) is 0 Å². The number of rotatable bonds is 5. The SMILES string of the molecule is O=C(CN(C(=O)c1ccc(Cl)c(Cl)c1)N1C(=O)[C@@H]2C[C@@H](Br)[C@@H](Br)C[C@H]2C1=O)c1ccc(Br)cc1. The monoisotopic (exact) mass is 692 g/mol. The molecule has 11 heteroatoms. The average molecular weight is 696 g/mol. The Labute approximate surface area is 231 Å². The summed E-state index contributed by atoms with van der Waals surface area (Å²) in [6, 6.07) is 10.8. The number of carbonyl (C=O) groups is 4. The van der Waals surface area contributed by atoms with Crippen LogP contribution in [0.5, 0.6) is 0 Å². The number of carbonyl (C=O) groups excluding carboxylic acids is 4. The highest BCUT2D eigenvalue weighted by Crippen LogP contribution is 2.43. The first-order valence-electron chi connectivity index (χ1n) is 10.3. The Bertz CT molecular complexity index is 1150. The topological polar surface area (TPSA) is 74.8 Å². The van der Waals surface area contributed by atoms with E-state index in [2.05, 4.69) is 47.8 Å². The molecule has 0 radical (unpaired) electrons. The second-order valence-corrected chi connectivity index (χ2v) is 12.2. The third-order valence-electron chi connectivity index (χ3n) is 5.99. The zero-order chi connectivity index (χ0) is 24.7. The minimum Gasteiger partial charge on any atom is -0.292 e. The molecule has 4 atom stereocenters. The maximum atomic E-state index is 13.5. The third-order valence-corrected chi connectivity index (χ3v) is 9.99. The number of nitrogens with zero attached hydrogens (tertiary/aromatic N) is 2. The van der Waals surface area contributed by atoms with Crippen LogP contribution in [-0.2, 0) is 9.59 Å². The van der Waals surface area contributed by atoms with Crippen LogP contribution in [0.25, 0.3) is 0 Å². The fraction of sp³-hybridized carbons (Fsp3) is 0.304. The van der Waals surface area contributed by atoms with Gasteiger partial charge in [-0.15, -0.1) is 0 Å². The van der Waals surface area contributed by atoms with Crippen molar-refractivity contribution in [2.24, 2.45) is 11.8 Å². The Balaban J connectivity index is 1.71. The molecular formula is C23H17Br3Cl2N2O4. The first-order valence-corrected chi connectivity index (χ1v) is 13.7. The molecule has 178 valence electrons.